The fraction of sp³-hybridized carbons (Fsp3) is 0.833. The lowest BCUT2D eigenvalue weighted by atomic mass is 10.8. The van der Waals surface area contributed by atoms with Gasteiger partial charge in [0, 0.05) is 13.7 Å². The lowest BCUT2D eigenvalue weighted by molar-refractivity contribution is 0.00475. The van der Waals surface area contributed by atoms with Gasteiger partial charge in [-0.3, -0.25) is 0 Å². The highest BCUT2D eigenvalue weighted by atomic mass is 16.7. The minimum absolute atomic E-state index is 0.552. The van der Waals surface area contributed by atoms with Gasteiger partial charge in [-0.1, -0.05) is 0 Å². The first-order valence-corrected chi connectivity index (χ1v) is 2.95. The topological polar surface area (TPSA) is 27.7 Å². The lowest BCUT2D eigenvalue weighted by Crippen LogP contribution is -2.01. The van der Waals surface area contributed by atoms with Crippen LogP contribution in [-0.4, -0.2) is 26.9 Å². The van der Waals surface area contributed by atoms with Crippen LogP contribution >= 0.6 is 0 Å². The van der Waals surface area contributed by atoms with Crippen molar-refractivity contribution in [3.8, 4) is 0 Å². The van der Waals surface area contributed by atoms with E-state index >= 15 is 0 Å². The smallest absolute Gasteiger partial charge is 0.209 e. The Kier molecular flexibility index (Phi) is 7.77. The standard InChI is InChI=1S/C6H13O3/c1-3-8-6-9-5-4-7-2/h6H,3-5H2,1-2H3. The van der Waals surface area contributed by atoms with Crippen LogP contribution in [0.4, 0.5) is 0 Å². The van der Waals surface area contributed by atoms with Crippen LogP contribution in [0, 0.1) is 6.79 Å². The average Bonchev–Trinajstić information content (AvgIpc) is 1.89. The predicted molar refractivity (Wildman–Crippen MR) is 33.8 cm³/mol. The molecule has 0 N–H and O–H groups in total. The Morgan fingerprint density at radius 2 is 2.00 bits per heavy atom. The van der Waals surface area contributed by atoms with E-state index in [4.69, 9.17) is 14.2 Å². The predicted octanol–water partition coefficient (Wildman–Crippen LogP) is 0.805. The highest BCUT2D eigenvalue weighted by Crippen LogP contribution is 1.83. The van der Waals surface area contributed by atoms with E-state index in [9.17, 15) is 0 Å². The molecule has 9 heavy (non-hydrogen) atoms. The van der Waals surface area contributed by atoms with Gasteiger partial charge >= 0.3 is 0 Å². The van der Waals surface area contributed by atoms with E-state index in [0.29, 0.717) is 19.8 Å². The Morgan fingerprint density at radius 3 is 2.56 bits per heavy atom. The molecule has 0 saturated carbocycles. The lowest BCUT2D eigenvalue weighted by Gasteiger charge is -2.00. The van der Waals surface area contributed by atoms with E-state index in [2.05, 4.69) is 0 Å². The van der Waals surface area contributed by atoms with Crippen LogP contribution in [0.3, 0.4) is 0 Å². The summed E-state index contributed by atoms with van der Waals surface area (Å²) < 4.78 is 14.3. The first-order valence-electron chi connectivity index (χ1n) is 2.95. The van der Waals surface area contributed by atoms with E-state index in [-0.39, 0.29) is 0 Å². The second-order valence-corrected chi connectivity index (χ2v) is 1.42. The van der Waals surface area contributed by atoms with Gasteiger partial charge in [0.25, 0.3) is 0 Å². The molecular formula is C6H13O3. The van der Waals surface area contributed by atoms with Crippen molar-refractivity contribution in [1.29, 1.82) is 0 Å². The summed E-state index contributed by atoms with van der Waals surface area (Å²) in [5.41, 5.74) is 0. The molecule has 0 bridgehead atoms. The molecule has 0 atom stereocenters. The summed E-state index contributed by atoms with van der Waals surface area (Å²) in [5.74, 6) is 0. The molecule has 0 aliphatic carbocycles. The van der Waals surface area contributed by atoms with Gasteiger partial charge < -0.3 is 14.2 Å². The SMILES string of the molecule is CCO[CH]OCCOC. The molecule has 1 radical (unpaired) electrons. The van der Waals surface area contributed by atoms with E-state index in [1.165, 1.54) is 6.79 Å². The zero-order valence-electron chi connectivity index (χ0n) is 5.92. The average molecular weight is 133 g/mol. The third-order valence-electron chi connectivity index (χ3n) is 0.708. The van der Waals surface area contributed by atoms with E-state index in [1.807, 2.05) is 6.92 Å². The third kappa shape index (κ3) is 7.88. The summed E-state index contributed by atoms with van der Waals surface area (Å²) in [5, 5.41) is 0. The summed E-state index contributed by atoms with van der Waals surface area (Å²) in [6.45, 7) is 5.03. The van der Waals surface area contributed by atoms with E-state index < -0.39 is 0 Å². The van der Waals surface area contributed by atoms with E-state index in [0.717, 1.165) is 0 Å². The zero-order valence-corrected chi connectivity index (χ0v) is 5.92. The molecule has 3 heteroatoms. The largest absolute Gasteiger partial charge is 0.382 e. The van der Waals surface area contributed by atoms with Crippen molar-refractivity contribution in [3.63, 3.8) is 0 Å². The zero-order chi connectivity index (χ0) is 6.95. The number of ether oxygens (including phenoxy) is 3. The third-order valence-corrected chi connectivity index (χ3v) is 0.708. The maximum absolute atomic E-state index is 4.84. The van der Waals surface area contributed by atoms with Gasteiger partial charge in [-0.05, 0) is 6.92 Å². The second-order valence-electron chi connectivity index (χ2n) is 1.42. The van der Waals surface area contributed by atoms with Gasteiger partial charge in [0.1, 0.15) is 0 Å². The summed E-state index contributed by atoms with van der Waals surface area (Å²) in [6, 6.07) is 0. The summed E-state index contributed by atoms with van der Waals surface area (Å²) in [7, 11) is 1.63. The molecule has 0 aromatic carbocycles. The molecule has 0 aliphatic heterocycles. The van der Waals surface area contributed by atoms with Crippen molar-refractivity contribution < 1.29 is 14.2 Å². The highest BCUT2D eigenvalue weighted by molar-refractivity contribution is 4.29. The van der Waals surface area contributed by atoms with Crippen molar-refractivity contribution in [3.05, 3.63) is 6.79 Å². The number of rotatable bonds is 6. The fourth-order valence-corrected chi connectivity index (χ4v) is 0.296. The Labute approximate surface area is 55.9 Å². The summed E-state index contributed by atoms with van der Waals surface area (Å²) in [4.78, 5) is 0. The van der Waals surface area contributed by atoms with Crippen LogP contribution in [0.2, 0.25) is 0 Å². The van der Waals surface area contributed by atoms with E-state index in [1.54, 1.807) is 7.11 Å². The monoisotopic (exact) mass is 133 g/mol. The summed E-state index contributed by atoms with van der Waals surface area (Å²) >= 11 is 0. The molecule has 0 unspecified atom stereocenters. The second kappa shape index (κ2) is 7.88. The first kappa shape index (κ1) is 8.88. The van der Waals surface area contributed by atoms with Crippen molar-refractivity contribution in [2.75, 3.05) is 26.9 Å². The number of hydrogen-bond donors (Lipinski definition) is 0. The van der Waals surface area contributed by atoms with Crippen molar-refractivity contribution in [2.24, 2.45) is 0 Å². The maximum atomic E-state index is 4.84. The molecule has 0 aromatic rings. The van der Waals surface area contributed by atoms with Gasteiger partial charge in [-0.15, -0.1) is 0 Å². The minimum atomic E-state index is 0.552. The molecule has 0 amide bonds. The van der Waals surface area contributed by atoms with Crippen molar-refractivity contribution >= 4 is 0 Å². The number of methoxy groups -OCH3 is 1. The van der Waals surface area contributed by atoms with Crippen LogP contribution in [0.1, 0.15) is 6.92 Å². The Bertz CT molecular complexity index is 41.6. The maximum Gasteiger partial charge on any atom is 0.209 e. The molecule has 0 heterocycles. The van der Waals surface area contributed by atoms with Crippen LogP contribution in [0.25, 0.3) is 0 Å². The van der Waals surface area contributed by atoms with Crippen LogP contribution in [0.15, 0.2) is 0 Å². The Hall–Kier alpha value is -0.120. The number of hydrogen-bond acceptors (Lipinski definition) is 3. The van der Waals surface area contributed by atoms with Crippen LogP contribution < -0.4 is 0 Å². The molecular weight excluding hydrogens is 120 g/mol. The first-order chi connectivity index (χ1) is 4.41. The van der Waals surface area contributed by atoms with Gasteiger partial charge in [-0.2, -0.15) is 0 Å². The molecule has 0 fully saturated rings. The Balaban J connectivity index is 2.60. The minimum Gasteiger partial charge on any atom is -0.382 e. The molecule has 0 aliphatic rings. The van der Waals surface area contributed by atoms with Crippen LogP contribution in [0.5, 0.6) is 0 Å². The Morgan fingerprint density at radius 1 is 1.22 bits per heavy atom. The fourth-order valence-electron chi connectivity index (χ4n) is 0.296. The van der Waals surface area contributed by atoms with Crippen molar-refractivity contribution in [2.45, 2.75) is 6.92 Å². The molecule has 0 rings (SSSR count). The molecule has 55 valence electrons. The highest BCUT2D eigenvalue weighted by Gasteiger charge is 1.85. The van der Waals surface area contributed by atoms with Gasteiger partial charge in [0.05, 0.1) is 13.2 Å². The van der Waals surface area contributed by atoms with Gasteiger partial charge in [0.15, 0.2) is 0 Å². The van der Waals surface area contributed by atoms with Crippen molar-refractivity contribution in [1.82, 2.24) is 0 Å². The molecule has 3 nitrogen and oxygen atoms in total. The van der Waals surface area contributed by atoms with Gasteiger partial charge in [0.2, 0.25) is 6.79 Å². The molecule has 0 spiro atoms. The van der Waals surface area contributed by atoms with Crippen LogP contribution in [-0.2, 0) is 14.2 Å². The summed E-state index contributed by atoms with van der Waals surface area (Å²) in [6.07, 6.45) is 0. The molecule has 0 saturated heterocycles. The molecule has 0 aromatic heterocycles. The quantitative estimate of drug-likeness (QED) is 0.502. The normalized spacial score (nSPS) is 10.0. The van der Waals surface area contributed by atoms with Gasteiger partial charge in [-0.25, -0.2) is 0 Å².